The maximum atomic E-state index is 3.82. The van der Waals surface area contributed by atoms with E-state index in [9.17, 15) is 0 Å². The quantitative estimate of drug-likeness (QED) is 0.664. The molecule has 2 heteroatoms. The summed E-state index contributed by atoms with van der Waals surface area (Å²) in [7, 11) is 0. The number of rotatable bonds is 7. The lowest BCUT2D eigenvalue weighted by Crippen LogP contribution is -2.29. The van der Waals surface area contributed by atoms with Crippen molar-refractivity contribution in [3.05, 3.63) is 33.8 Å². The third kappa shape index (κ3) is 4.06. The molecule has 0 saturated heterocycles. The molecule has 2 unspecified atom stereocenters. The molecule has 2 rings (SSSR count). The minimum Gasteiger partial charge on any atom is -0.307 e. The molecule has 1 aliphatic rings. The highest BCUT2D eigenvalue weighted by Gasteiger charge is 2.24. The topological polar surface area (TPSA) is 12.0 Å². The van der Waals surface area contributed by atoms with E-state index in [2.05, 4.69) is 53.3 Å². The van der Waals surface area contributed by atoms with Gasteiger partial charge in [-0.15, -0.1) is 0 Å². The van der Waals surface area contributed by atoms with Crippen LogP contribution in [0.4, 0.5) is 0 Å². The molecule has 0 spiro atoms. The second-order valence-corrected chi connectivity index (χ2v) is 6.67. The smallest absolute Gasteiger partial charge is 0.0328 e. The Morgan fingerprint density at radius 2 is 2.16 bits per heavy atom. The Balaban J connectivity index is 1.83. The molecule has 0 fully saturated rings. The van der Waals surface area contributed by atoms with Crippen LogP contribution in [-0.4, -0.2) is 6.04 Å². The van der Waals surface area contributed by atoms with E-state index in [4.69, 9.17) is 0 Å². The summed E-state index contributed by atoms with van der Waals surface area (Å²) in [4.78, 5) is 0. The standard InChI is InChI=1S/C17H26BrN/c1-3-4-5-6-8-13(2)19-17-12-11-14-15(17)9-7-10-16(14)18/h7,9-10,13,17,19H,3-6,8,11-12H2,1-2H3. The fourth-order valence-electron chi connectivity index (χ4n) is 3.09. The fraction of sp³-hybridized carbons (Fsp3) is 0.647. The molecule has 2 atom stereocenters. The Labute approximate surface area is 126 Å². The first-order chi connectivity index (χ1) is 9.22. The molecule has 1 aliphatic carbocycles. The van der Waals surface area contributed by atoms with E-state index in [1.54, 1.807) is 0 Å². The van der Waals surface area contributed by atoms with Gasteiger partial charge in [0.15, 0.2) is 0 Å². The molecule has 0 radical (unpaired) electrons. The number of halogens is 1. The van der Waals surface area contributed by atoms with E-state index >= 15 is 0 Å². The molecule has 0 aromatic heterocycles. The first kappa shape index (κ1) is 15.1. The Bertz CT molecular complexity index is 402. The minimum absolute atomic E-state index is 0.564. The zero-order valence-electron chi connectivity index (χ0n) is 12.2. The van der Waals surface area contributed by atoms with Crippen molar-refractivity contribution in [2.45, 2.75) is 70.9 Å². The van der Waals surface area contributed by atoms with Crippen LogP contribution in [0, 0.1) is 0 Å². The first-order valence-corrected chi connectivity index (χ1v) is 8.55. The van der Waals surface area contributed by atoms with Crippen molar-refractivity contribution >= 4 is 15.9 Å². The third-order valence-electron chi connectivity index (χ3n) is 4.19. The second-order valence-electron chi connectivity index (χ2n) is 5.82. The number of unbranched alkanes of at least 4 members (excludes halogenated alkanes) is 3. The normalized spacial score (nSPS) is 19.4. The van der Waals surface area contributed by atoms with Gasteiger partial charge < -0.3 is 5.32 Å². The van der Waals surface area contributed by atoms with Crippen molar-refractivity contribution in [2.75, 3.05) is 0 Å². The van der Waals surface area contributed by atoms with Crippen molar-refractivity contribution in [3.8, 4) is 0 Å². The number of benzene rings is 1. The van der Waals surface area contributed by atoms with Gasteiger partial charge in [-0.3, -0.25) is 0 Å². The van der Waals surface area contributed by atoms with Gasteiger partial charge in [0.2, 0.25) is 0 Å². The summed E-state index contributed by atoms with van der Waals surface area (Å²) < 4.78 is 1.28. The van der Waals surface area contributed by atoms with Gasteiger partial charge in [-0.1, -0.05) is 60.7 Å². The van der Waals surface area contributed by atoms with E-state index in [1.165, 1.54) is 60.5 Å². The number of hydrogen-bond donors (Lipinski definition) is 1. The van der Waals surface area contributed by atoms with Crippen LogP contribution in [-0.2, 0) is 6.42 Å². The van der Waals surface area contributed by atoms with Gasteiger partial charge >= 0.3 is 0 Å². The molecule has 0 heterocycles. The van der Waals surface area contributed by atoms with Gasteiger partial charge in [0.25, 0.3) is 0 Å². The highest BCUT2D eigenvalue weighted by Crippen LogP contribution is 2.35. The molecule has 1 aromatic rings. The van der Waals surface area contributed by atoms with E-state index < -0.39 is 0 Å². The van der Waals surface area contributed by atoms with Gasteiger partial charge in [0.05, 0.1) is 0 Å². The molecule has 0 bridgehead atoms. The molecule has 1 aromatic carbocycles. The molecule has 19 heavy (non-hydrogen) atoms. The number of nitrogens with one attached hydrogen (secondary N) is 1. The third-order valence-corrected chi connectivity index (χ3v) is 4.93. The fourth-order valence-corrected chi connectivity index (χ4v) is 3.67. The molecule has 0 amide bonds. The first-order valence-electron chi connectivity index (χ1n) is 7.75. The molecule has 0 aliphatic heterocycles. The monoisotopic (exact) mass is 323 g/mol. The summed E-state index contributed by atoms with van der Waals surface area (Å²) in [5.41, 5.74) is 3.02. The average molecular weight is 324 g/mol. The summed E-state index contributed by atoms with van der Waals surface area (Å²) in [5, 5.41) is 3.82. The summed E-state index contributed by atoms with van der Waals surface area (Å²) in [6.45, 7) is 4.61. The van der Waals surface area contributed by atoms with E-state index in [0.717, 1.165) is 0 Å². The van der Waals surface area contributed by atoms with Gasteiger partial charge in [-0.2, -0.15) is 0 Å². The Hall–Kier alpha value is -0.340. The van der Waals surface area contributed by atoms with E-state index in [-0.39, 0.29) is 0 Å². The summed E-state index contributed by atoms with van der Waals surface area (Å²) in [6, 6.07) is 7.80. The van der Waals surface area contributed by atoms with Crippen LogP contribution in [0.3, 0.4) is 0 Å². The lowest BCUT2D eigenvalue weighted by Gasteiger charge is -2.20. The van der Waals surface area contributed by atoms with Crippen LogP contribution in [0.25, 0.3) is 0 Å². The lowest BCUT2D eigenvalue weighted by molar-refractivity contribution is 0.419. The Morgan fingerprint density at radius 1 is 1.32 bits per heavy atom. The average Bonchev–Trinajstić information content (AvgIpc) is 2.80. The van der Waals surface area contributed by atoms with E-state index in [1.807, 2.05) is 0 Å². The van der Waals surface area contributed by atoms with Crippen molar-refractivity contribution in [1.82, 2.24) is 5.32 Å². The van der Waals surface area contributed by atoms with Crippen molar-refractivity contribution in [3.63, 3.8) is 0 Å². The van der Waals surface area contributed by atoms with Gasteiger partial charge in [-0.25, -0.2) is 0 Å². The zero-order chi connectivity index (χ0) is 13.7. The van der Waals surface area contributed by atoms with Crippen LogP contribution in [0.1, 0.15) is 69.5 Å². The van der Waals surface area contributed by atoms with Crippen molar-refractivity contribution < 1.29 is 0 Å². The molecule has 1 N–H and O–H groups in total. The Morgan fingerprint density at radius 3 is 2.95 bits per heavy atom. The van der Waals surface area contributed by atoms with Crippen LogP contribution in [0.15, 0.2) is 22.7 Å². The SMILES string of the molecule is CCCCCCC(C)NC1CCc2c(Br)cccc21. The molecular weight excluding hydrogens is 298 g/mol. The van der Waals surface area contributed by atoms with Crippen LogP contribution >= 0.6 is 15.9 Å². The molecular formula is C17H26BrN. The molecule has 1 nitrogen and oxygen atoms in total. The Kier molecular flexibility index (Phi) is 5.90. The van der Waals surface area contributed by atoms with Crippen LogP contribution < -0.4 is 5.32 Å². The number of hydrogen-bond acceptors (Lipinski definition) is 1. The second kappa shape index (κ2) is 7.44. The highest BCUT2D eigenvalue weighted by atomic mass is 79.9. The van der Waals surface area contributed by atoms with Crippen LogP contribution in [0.2, 0.25) is 0 Å². The summed E-state index contributed by atoms with van der Waals surface area (Å²) in [5.74, 6) is 0. The predicted octanol–water partition coefficient (Wildman–Crippen LogP) is 5.38. The minimum atomic E-state index is 0.564. The zero-order valence-corrected chi connectivity index (χ0v) is 13.8. The largest absolute Gasteiger partial charge is 0.307 e. The molecule has 0 saturated carbocycles. The molecule has 106 valence electrons. The van der Waals surface area contributed by atoms with Crippen molar-refractivity contribution in [2.24, 2.45) is 0 Å². The summed E-state index contributed by atoms with van der Waals surface area (Å²) >= 11 is 3.67. The predicted molar refractivity (Wildman–Crippen MR) is 86.6 cm³/mol. The maximum Gasteiger partial charge on any atom is 0.0328 e. The lowest BCUT2D eigenvalue weighted by atomic mass is 10.0. The maximum absolute atomic E-state index is 3.82. The highest BCUT2D eigenvalue weighted by molar-refractivity contribution is 9.10. The van der Waals surface area contributed by atoms with Gasteiger partial charge in [-0.05, 0) is 43.4 Å². The number of fused-ring (bicyclic) bond motifs is 1. The van der Waals surface area contributed by atoms with E-state index in [0.29, 0.717) is 12.1 Å². The van der Waals surface area contributed by atoms with Crippen molar-refractivity contribution in [1.29, 1.82) is 0 Å². The van der Waals surface area contributed by atoms with Crippen LogP contribution in [0.5, 0.6) is 0 Å². The van der Waals surface area contributed by atoms with Gasteiger partial charge in [0.1, 0.15) is 0 Å². The van der Waals surface area contributed by atoms with Gasteiger partial charge in [0, 0.05) is 16.6 Å². The summed E-state index contributed by atoms with van der Waals surface area (Å²) in [6.07, 6.45) is 9.21.